The van der Waals surface area contributed by atoms with E-state index >= 15 is 0 Å². The molecule has 104 valence electrons. The number of hydrogen-bond acceptors (Lipinski definition) is 4. The van der Waals surface area contributed by atoms with Crippen molar-refractivity contribution in [2.24, 2.45) is 0 Å². The summed E-state index contributed by atoms with van der Waals surface area (Å²) < 4.78 is 2.23. The SMILES string of the molecule is CN(C)CCn1ccnc1-c1cc(CN(C)C)cs1. The van der Waals surface area contributed by atoms with Crippen LogP contribution in [0.4, 0.5) is 0 Å². The van der Waals surface area contributed by atoms with Gasteiger partial charge in [-0.15, -0.1) is 11.3 Å². The second-order valence-electron chi connectivity index (χ2n) is 5.30. The zero-order chi connectivity index (χ0) is 13.8. The number of nitrogens with zero attached hydrogens (tertiary/aromatic N) is 4. The first kappa shape index (κ1) is 14.2. The molecule has 5 heteroatoms. The lowest BCUT2D eigenvalue weighted by Crippen LogP contribution is -2.18. The Morgan fingerprint density at radius 3 is 2.68 bits per heavy atom. The fourth-order valence-electron chi connectivity index (χ4n) is 1.96. The monoisotopic (exact) mass is 278 g/mol. The Hall–Kier alpha value is -1.17. The standard InChI is InChI=1S/C14H22N4S/c1-16(2)7-8-18-6-5-15-14(18)13-9-12(11-19-13)10-17(3)4/h5-6,9,11H,7-8,10H2,1-4H3. The lowest BCUT2D eigenvalue weighted by atomic mass is 10.3. The van der Waals surface area contributed by atoms with Gasteiger partial charge < -0.3 is 14.4 Å². The highest BCUT2D eigenvalue weighted by molar-refractivity contribution is 7.13. The van der Waals surface area contributed by atoms with E-state index in [2.05, 4.69) is 65.2 Å². The maximum absolute atomic E-state index is 4.50. The Morgan fingerprint density at radius 2 is 2.00 bits per heavy atom. The van der Waals surface area contributed by atoms with Crippen molar-refractivity contribution >= 4 is 11.3 Å². The van der Waals surface area contributed by atoms with Gasteiger partial charge in [-0.1, -0.05) is 0 Å². The molecule has 0 amide bonds. The van der Waals surface area contributed by atoms with Crippen LogP contribution in [0.3, 0.4) is 0 Å². The van der Waals surface area contributed by atoms with Crippen LogP contribution in [-0.4, -0.2) is 54.1 Å². The molecule has 0 saturated heterocycles. The first-order chi connectivity index (χ1) is 9.06. The van der Waals surface area contributed by atoms with Gasteiger partial charge in [0.15, 0.2) is 0 Å². The van der Waals surface area contributed by atoms with Crippen molar-refractivity contribution in [1.29, 1.82) is 0 Å². The molecule has 0 N–H and O–H groups in total. The minimum Gasteiger partial charge on any atom is -0.329 e. The number of aromatic nitrogens is 2. The van der Waals surface area contributed by atoms with Gasteiger partial charge in [-0.2, -0.15) is 0 Å². The van der Waals surface area contributed by atoms with Crippen LogP contribution in [0.1, 0.15) is 5.56 Å². The molecular weight excluding hydrogens is 256 g/mol. The molecule has 0 fully saturated rings. The molecule has 0 spiro atoms. The summed E-state index contributed by atoms with van der Waals surface area (Å²) in [5.74, 6) is 1.08. The number of hydrogen-bond donors (Lipinski definition) is 0. The van der Waals surface area contributed by atoms with E-state index in [1.807, 2.05) is 6.20 Å². The Morgan fingerprint density at radius 1 is 1.21 bits per heavy atom. The summed E-state index contributed by atoms with van der Waals surface area (Å²) in [6.45, 7) is 2.98. The van der Waals surface area contributed by atoms with Crippen LogP contribution in [-0.2, 0) is 13.1 Å². The molecule has 4 nitrogen and oxygen atoms in total. The van der Waals surface area contributed by atoms with E-state index in [4.69, 9.17) is 0 Å². The van der Waals surface area contributed by atoms with E-state index in [0.717, 1.165) is 25.5 Å². The third-order valence-corrected chi connectivity index (χ3v) is 3.85. The third kappa shape index (κ3) is 3.89. The molecule has 0 aromatic carbocycles. The Labute approximate surface area is 119 Å². The van der Waals surface area contributed by atoms with E-state index in [0.29, 0.717) is 0 Å². The fraction of sp³-hybridized carbons (Fsp3) is 0.500. The second kappa shape index (κ2) is 6.32. The highest BCUT2D eigenvalue weighted by Gasteiger charge is 2.09. The molecule has 0 aliphatic heterocycles. The molecule has 2 aromatic rings. The summed E-state index contributed by atoms with van der Waals surface area (Å²) in [5, 5.41) is 2.22. The summed E-state index contributed by atoms with van der Waals surface area (Å²) in [6, 6.07) is 2.25. The molecule has 0 radical (unpaired) electrons. The molecule has 2 heterocycles. The first-order valence-corrected chi connectivity index (χ1v) is 7.32. The Bertz CT molecular complexity index is 513. The van der Waals surface area contributed by atoms with Crippen LogP contribution in [0.25, 0.3) is 10.7 Å². The van der Waals surface area contributed by atoms with Crippen molar-refractivity contribution in [2.45, 2.75) is 13.1 Å². The molecular formula is C14H22N4S. The summed E-state index contributed by atoms with van der Waals surface area (Å²) in [5.41, 5.74) is 1.35. The molecule has 0 bridgehead atoms. The average molecular weight is 278 g/mol. The minimum absolute atomic E-state index is 0.975. The molecule has 0 aliphatic rings. The van der Waals surface area contributed by atoms with Crippen LogP contribution in [0, 0.1) is 0 Å². The van der Waals surface area contributed by atoms with Crippen molar-refractivity contribution < 1.29 is 0 Å². The molecule has 2 rings (SSSR count). The minimum atomic E-state index is 0.975. The lowest BCUT2D eigenvalue weighted by molar-refractivity contribution is 0.385. The smallest absolute Gasteiger partial charge is 0.150 e. The molecule has 0 unspecified atom stereocenters. The van der Waals surface area contributed by atoms with Gasteiger partial charge in [0, 0.05) is 32.0 Å². The average Bonchev–Trinajstić information content (AvgIpc) is 2.93. The van der Waals surface area contributed by atoms with Gasteiger partial charge in [-0.25, -0.2) is 4.98 Å². The summed E-state index contributed by atoms with van der Waals surface area (Å²) in [6.07, 6.45) is 3.94. The zero-order valence-electron chi connectivity index (χ0n) is 12.1. The van der Waals surface area contributed by atoms with E-state index in [-0.39, 0.29) is 0 Å². The second-order valence-corrected chi connectivity index (χ2v) is 6.22. The fourth-order valence-corrected chi connectivity index (χ4v) is 2.88. The van der Waals surface area contributed by atoms with E-state index < -0.39 is 0 Å². The van der Waals surface area contributed by atoms with Crippen LogP contribution in [0.5, 0.6) is 0 Å². The summed E-state index contributed by atoms with van der Waals surface area (Å²) in [7, 11) is 8.37. The van der Waals surface area contributed by atoms with Gasteiger partial charge in [0.2, 0.25) is 0 Å². The zero-order valence-corrected chi connectivity index (χ0v) is 12.9. The first-order valence-electron chi connectivity index (χ1n) is 6.44. The molecule has 0 saturated carbocycles. The molecule has 0 aliphatic carbocycles. The van der Waals surface area contributed by atoms with Gasteiger partial charge in [0.05, 0.1) is 4.88 Å². The summed E-state index contributed by atoms with van der Waals surface area (Å²) >= 11 is 1.77. The van der Waals surface area contributed by atoms with Crippen LogP contribution in [0.2, 0.25) is 0 Å². The number of thiophene rings is 1. The number of imidazole rings is 1. The van der Waals surface area contributed by atoms with Crippen LogP contribution >= 0.6 is 11.3 Å². The summed E-state index contributed by atoms with van der Waals surface area (Å²) in [4.78, 5) is 10.1. The Kier molecular flexibility index (Phi) is 4.74. The molecule has 0 atom stereocenters. The Balaban J connectivity index is 2.13. The van der Waals surface area contributed by atoms with E-state index in [1.54, 1.807) is 11.3 Å². The topological polar surface area (TPSA) is 24.3 Å². The van der Waals surface area contributed by atoms with Crippen molar-refractivity contribution in [2.75, 3.05) is 34.7 Å². The highest BCUT2D eigenvalue weighted by Crippen LogP contribution is 2.26. The number of likely N-dealkylation sites (N-methyl/N-ethyl adjacent to an activating group) is 1. The van der Waals surface area contributed by atoms with Crippen molar-refractivity contribution in [3.63, 3.8) is 0 Å². The van der Waals surface area contributed by atoms with Crippen molar-refractivity contribution in [1.82, 2.24) is 19.4 Å². The molecule has 19 heavy (non-hydrogen) atoms. The van der Waals surface area contributed by atoms with Crippen LogP contribution < -0.4 is 0 Å². The van der Waals surface area contributed by atoms with Gasteiger partial charge in [-0.3, -0.25) is 0 Å². The van der Waals surface area contributed by atoms with Gasteiger partial charge in [0.1, 0.15) is 5.82 Å². The third-order valence-electron chi connectivity index (χ3n) is 2.88. The highest BCUT2D eigenvalue weighted by atomic mass is 32.1. The van der Waals surface area contributed by atoms with Gasteiger partial charge in [-0.05, 0) is 45.2 Å². The van der Waals surface area contributed by atoms with Crippen molar-refractivity contribution in [3.8, 4) is 10.7 Å². The van der Waals surface area contributed by atoms with Gasteiger partial charge >= 0.3 is 0 Å². The maximum atomic E-state index is 4.50. The number of rotatable bonds is 6. The van der Waals surface area contributed by atoms with E-state index in [9.17, 15) is 0 Å². The van der Waals surface area contributed by atoms with Crippen LogP contribution in [0.15, 0.2) is 23.8 Å². The van der Waals surface area contributed by atoms with E-state index in [1.165, 1.54) is 10.4 Å². The largest absolute Gasteiger partial charge is 0.329 e. The predicted molar refractivity (Wildman–Crippen MR) is 81.5 cm³/mol. The predicted octanol–water partition coefficient (Wildman–Crippen LogP) is 2.23. The maximum Gasteiger partial charge on any atom is 0.150 e. The van der Waals surface area contributed by atoms with Crippen molar-refractivity contribution in [3.05, 3.63) is 29.4 Å². The van der Waals surface area contributed by atoms with Gasteiger partial charge in [0.25, 0.3) is 0 Å². The quantitative estimate of drug-likeness (QED) is 0.810. The normalized spacial score (nSPS) is 11.7. The molecule has 2 aromatic heterocycles. The lowest BCUT2D eigenvalue weighted by Gasteiger charge is -2.11.